The number of rotatable bonds is 5. The number of halogens is 1. The molecule has 0 aliphatic rings. The number of nitrogens with zero attached hydrogens (tertiary/aromatic N) is 4. The van der Waals surface area contributed by atoms with E-state index in [0.717, 1.165) is 0 Å². The molecule has 2 N–H and O–H groups in total. The number of benzene rings is 1. The third kappa shape index (κ3) is 4.45. The lowest BCUT2D eigenvalue weighted by atomic mass is 10.2. The highest BCUT2D eigenvalue weighted by Gasteiger charge is 2.09. The van der Waals surface area contributed by atoms with Crippen LogP contribution in [0.25, 0.3) is 0 Å². The molecule has 0 saturated heterocycles. The van der Waals surface area contributed by atoms with Gasteiger partial charge in [-0.15, -0.1) is 0 Å². The largest absolute Gasteiger partial charge is 0.324 e. The van der Waals surface area contributed by atoms with Gasteiger partial charge in [-0.1, -0.05) is 11.6 Å². The van der Waals surface area contributed by atoms with Gasteiger partial charge in [0.15, 0.2) is 5.69 Å². The monoisotopic (exact) mass is 358 g/mol. The van der Waals surface area contributed by atoms with Crippen LogP contribution in [0.5, 0.6) is 0 Å². The van der Waals surface area contributed by atoms with Gasteiger partial charge in [0.1, 0.15) is 6.54 Å². The molecule has 0 saturated carbocycles. The molecule has 9 heteroatoms. The zero-order valence-corrected chi connectivity index (χ0v) is 14.1. The molecule has 25 heavy (non-hydrogen) atoms. The molecule has 0 bridgehead atoms. The lowest BCUT2D eigenvalue weighted by Crippen LogP contribution is -2.19. The summed E-state index contributed by atoms with van der Waals surface area (Å²) < 4.78 is 3.00. The van der Waals surface area contributed by atoms with E-state index >= 15 is 0 Å². The average molecular weight is 359 g/mol. The Morgan fingerprint density at radius 3 is 2.36 bits per heavy atom. The number of nitrogens with one attached hydrogen (secondary N) is 2. The number of aryl methyl sites for hydroxylation is 1. The predicted molar refractivity (Wildman–Crippen MR) is 93.5 cm³/mol. The van der Waals surface area contributed by atoms with Gasteiger partial charge >= 0.3 is 0 Å². The maximum atomic E-state index is 12.0. The SMILES string of the molecule is Cn1ccc(C(=O)Nc2ccc(NC(=O)Cn3cc(Cl)cn3)cc2)n1. The highest BCUT2D eigenvalue weighted by atomic mass is 35.5. The molecule has 0 atom stereocenters. The van der Waals surface area contributed by atoms with Crippen molar-refractivity contribution in [1.82, 2.24) is 19.6 Å². The topological polar surface area (TPSA) is 93.8 Å². The molecule has 2 amide bonds. The summed E-state index contributed by atoms with van der Waals surface area (Å²) in [6, 6.07) is 8.41. The zero-order chi connectivity index (χ0) is 17.8. The van der Waals surface area contributed by atoms with Crippen molar-refractivity contribution >= 4 is 34.8 Å². The molecular weight excluding hydrogens is 344 g/mol. The van der Waals surface area contributed by atoms with Crippen LogP contribution in [0.3, 0.4) is 0 Å². The lowest BCUT2D eigenvalue weighted by molar-refractivity contribution is -0.116. The first-order valence-electron chi connectivity index (χ1n) is 7.38. The molecule has 0 aliphatic heterocycles. The molecule has 1 aromatic carbocycles. The Balaban J connectivity index is 1.56. The second-order valence-corrected chi connectivity index (χ2v) is 5.75. The van der Waals surface area contributed by atoms with Gasteiger partial charge in [-0.2, -0.15) is 10.2 Å². The van der Waals surface area contributed by atoms with Gasteiger partial charge in [0, 0.05) is 30.8 Å². The number of amides is 2. The van der Waals surface area contributed by atoms with E-state index in [0.29, 0.717) is 22.1 Å². The van der Waals surface area contributed by atoms with Crippen molar-refractivity contribution in [1.29, 1.82) is 0 Å². The van der Waals surface area contributed by atoms with Crippen LogP contribution in [0.4, 0.5) is 11.4 Å². The Morgan fingerprint density at radius 1 is 1.12 bits per heavy atom. The van der Waals surface area contributed by atoms with E-state index in [4.69, 9.17) is 11.6 Å². The highest BCUT2D eigenvalue weighted by molar-refractivity contribution is 6.30. The van der Waals surface area contributed by atoms with Crippen molar-refractivity contribution < 1.29 is 9.59 Å². The minimum absolute atomic E-state index is 0.0604. The number of carbonyl (C=O) groups excluding carboxylic acids is 2. The average Bonchev–Trinajstić information content (AvgIpc) is 3.18. The van der Waals surface area contributed by atoms with Crippen LogP contribution >= 0.6 is 11.6 Å². The summed E-state index contributed by atoms with van der Waals surface area (Å²) >= 11 is 5.75. The molecule has 3 aromatic rings. The molecule has 128 valence electrons. The van der Waals surface area contributed by atoms with Gasteiger partial charge in [-0.25, -0.2) is 0 Å². The van der Waals surface area contributed by atoms with E-state index in [9.17, 15) is 9.59 Å². The maximum absolute atomic E-state index is 12.0. The number of aromatic nitrogens is 4. The predicted octanol–water partition coefficient (Wildman–Crippen LogP) is 2.16. The van der Waals surface area contributed by atoms with E-state index in [-0.39, 0.29) is 18.4 Å². The molecule has 2 aromatic heterocycles. The number of hydrogen-bond donors (Lipinski definition) is 2. The number of carbonyl (C=O) groups is 2. The van der Waals surface area contributed by atoms with E-state index in [1.54, 1.807) is 54.5 Å². The van der Waals surface area contributed by atoms with Crippen LogP contribution in [-0.2, 0) is 18.4 Å². The molecule has 2 heterocycles. The van der Waals surface area contributed by atoms with Crippen molar-refractivity contribution in [3.63, 3.8) is 0 Å². The molecule has 3 rings (SSSR count). The Morgan fingerprint density at radius 2 is 1.80 bits per heavy atom. The summed E-state index contributed by atoms with van der Waals surface area (Å²) in [5, 5.41) is 13.9. The second-order valence-electron chi connectivity index (χ2n) is 5.31. The molecule has 0 unspecified atom stereocenters. The van der Waals surface area contributed by atoms with Gasteiger partial charge in [0.2, 0.25) is 5.91 Å². The molecule has 0 fully saturated rings. The molecule has 0 radical (unpaired) electrons. The van der Waals surface area contributed by atoms with Crippen molar-refractivity contribution in [2.45, 2.75) is 6.54 Å². The third-order valence-electron chi connectivity index (χ3n) is 3.28. The first-order valence-corrected chi connectivity index (χ1v) is 7.76. The van der Waals surface area contributed by atoms with Crippen molar-refractivity contribution in [3.8, 4) is 0 Å². The zero-order valence-electron chi connectivity index (χ0n) is 13.3. The first kappa shape index (κ1) is 16.7. The van der Waals surface area contributed by atoms with Crippen LogP contribution in [0.1, 0.15) is 10.5 Å². The summed E-state index contributed by atoms with van der Waals surface area (Å²) in [5.74, 6) is -0.530. The van der Waals surface area contributed by atoms with Gasteiger partial charge in [-0.3, -0.25) is 19.0 Å². The van der Waals surface area contributed by atoms with E-state index in [1.807, 2.05) is 0 Å². The Labute approximate surface area is 148 Å². The third-order valence-corrected chi connectivity index (χ3v) is 3.48. The van der Waals surface area contributed by atoms with E-state index in [2.05, 4.69) is 20.8 Å². The summed E-state index contributed by atoms with van der Waals surface area (Å²) in [6.45, 7) is 0.0604. The first-order chi connectivity index (χ1) is 12.0. The summed E-state index contributed by atoms with van der Waals surface area (Å²) in [5.41, 5.74) is 1.55. The van der Waals surface area contributed by atoms with Crippen LogP contribution < -0.4 is 10.6 Å². The van der Waals surface area contributed by atoms with Gasteiger partial charge in [0.05, 0.1) is 11.2 Å². The van der Waals surface area contributed by atoms with E-state index < -0.39 is 0 Å². The fourth-order valence-electron chi connectivity index (χ4n) is 2.14. The van der Waals surface area contributed by atoms with Gasteiger partial charge < -0.3 is 10.6 Å². The second kappa shape index (κ2) is 7.18. The Hall–Kier alpha value is -3.13. The maximum Gasteiger partial charge on any atom is 0.276 e. The number of hydrogen-bond acceptors (Lipinski definition) is 4. The van der Waals surface area contributed by atoms with Crippen LogP contribution in [-0.4, -0.2) is 31.4 Å². The summed E-state index contributed by atoms with van der Waals surface area (Å²) in [4.78, 5) is 24.0. The smallest absolute Gasteiger partial charge is 0.276 e. The van der Waals surface area contributed by atoms with Crippen LogP contribution in [0.2, 0.25) is 5.02 Å². The van der Waals surface area contributed by atoms with Crippen molar-refractivity contribution in [2.75, 3.05) is 10.6 Å². The van der Waals surface area contributed by atoms with E-state index in [1.165, 1.54) is 10.9 Å². The quantitative estimate of drug-likeness (QED) is 0.730. The molecule has 8 nitrogen and oxygen atoms in total. The molecule has 0 spiro atoms. The number of anilines is 2. The minimum atomic E-state index is -0.298. The molecule has 0 aliphatic carbocycles. The van der Waals surface area contributed by atoms with Crippen LogP contribution in [0, 0.1) is 0 Å². The fraction of sp³-hybridized carbons (Fsp3) is 0.125. The minimum Gasteiger partial charge on any atom is -0.324 e. The highest BCUT2D eigenvalue weighted by Crippen LogP contribution is 2.14. The van der Waals surface area contributed by atoms with Crippen molar-refractivity contribution in [2.24, 2.45) is 7.05 Å². The van der Waals surface area contributed by atoms with Gasteiger partial charge in [0.25, 0.3) is 5.91 Å². The van der Waals surface area contributed by atoms with Gasteiger partial charge in [-0.05, 0) is 30.3 Å². The van der Waals surface area contributed by atoms with Crippen LogP contribution in [0.15, 0.2) is 48.9 Å². The lowest BCUT2D eigenvalue weighted by Gasteiger charge is -2.07. The summed E-state index contributed by atoms with van der Waals surface area (Å²) in [6.07, 6.45) is 4.73. The Bertz CT molecular complexity index is 900. The standard InChI is InChI=1S/C16H15ClN6O2/c1-22-7-6-14(21-22)16(25)20-13-4-2-12(3-5-13)19-15(24)10-23-9-11(17)8-18-23/h2-9H,10H2,1H3,(H,19,24)(H,20,25). The van der Waals surface area contributed by atoms with Crippen molar-refractivity contribution in [3.05, 3.63) is 59.6 Å². The molecular formula is C16H15ClN6O2. The normalized spacial score (nSPS) is 10.5. The Kier molecular flexibility index (Phi) is 4.80. The fourth-order valence-corrected chi connectivity index (χ4v) is 2.30. The summed E-state index contributed by atoms with van der Waals surface area (Å²) in [7, 11) is 1.74.